The van der Waals surface area contributed by atoms with Crippen molar-refractivity contribution in [2.75, 3.05) is 24.4 Å². The first kappa shape index (κ1) is 22.6. The van der Waals surface area contributed by atoms with Gasteiger partial charge in [-0.15, -0.1) is 24.8 Å². The lowest BCUT2D eigenvalue weighted by Crippen LogP contribution is -2.23. The second-order valence-electron chi connectivity index (χ2n) is 5.96. The maximum atomic E-state index is 12.2. The minimum atomic E-state index is -3.66. The summed E-state index contributed by atoms with van der Waals surface area (Å²) in [5, 5.41) is 0. The largest absolute Gasteiger partial charge is 0.330 e. The van der Waals surface area contributed by atoms with E-state index >= 15 is 0 Å². The van der Waals surface area contributed by atoms with Crippen LogP contribution in [0.4, 0.5) is 5.95 Å². The summed E-state index contributed by atoms with van der Waals surface area (Å²) in [6.45, 7) is 3.47. The SMILES string of the molecule is Cl.Cl.NCC1CCN(Cc2cnc(NS(=O)(=O)c3ccccc3)nc2)C1. The minimum absolute atomic E-state index is 0. The lowest BCUT2D eigenvalue weighted by Gasteiger charge is -2.15. The first-order valence-electron chi connectivity index (χ1n) is 7.88. The highest BCUT2D eigenvalue weighted by Gasteiger charge is 2.21. The number of hydrogen-bond acceptors (Lipinski definition) is 6. The third-order valence-corrected chi connectivity index (χ3v) is 5.44. The molecule has 3 rings (SSSR count). The molecule has 1 atom stereocenters. The highest BCUT2D eigenvalue weighted by molar-refractivity contribution is 7.92. The number of anilines is 1. The van der Waals surface area contributed by atoms with Crippen molar-refractivity contribution in [2.45, 2.75) is 17.9 Å². The molecule has 1 unspecified atom stereocenters. The lowest BCUT2D eigenvalue weighted by atomic mass is 10.1. The standard InChI is InChI=1S/C16H21N5O2S.2ClH/c17-8-13-6-7-21(11-13)12-14-9-18-16(19-10-14)20-24(22,23)15-4-2-1-3-5-15;;/h1-5,9-10,13H,6-8,11-12,17H2,(H,18,19,20);2*1H. The summed E-state index contributed by atoms with van der Waals surface area (Å²) in [6.07, 6.45) is 4.43. The molecule has 0 bridgehead atoms. The molecule has 0 amide bonds. The van der Waals surface area contributed by atoms with Gasteiger partial charge in [-0.3, -0.25) is 4.90 Å². The Kier molecular flexibility index (Phi) is 8.72. The first-order chi connectivity index (χ1) is 11.6. The first-order valence-corrected chi connectivity index (χ1v) is 9.36. The number of halogens is 2. The highest BCUT2D eigenvalue weighted by Crippen LogP contribution is 2.18. The van der Waals surface area contributed by atoms with Crippen molar-refractivity contribution in [1.29, 1.82) is 0 Å². The van der Waals surface area contributed by atoms with Crippen LogP contribution in [0.3, 0.4) is 0 Å². The third-order valence-electron chi connectivity index (χ3n) is 4.09. The number of nitrogens with one attached hydrogen (secondary N) is 1. The van der Waals surface area contributed by atoms with Gasteiger partial charge in [0.05, 0.1) is 4.90 Å². The number of benzene rings is 1. The Balaban J connectivity index is 0.00000169. The van der Waals surface area contributed by atoms with E-state index in [2.05, 4.69) is 19.6 Å². The Morgan fingerprint density at radius 1 is 1.15 bits per heavy atom. The molecule has 2 aromatic rings. The number of aromatic nitrogens is 2. The number of nitrogens with zero attached hydrogens (tertiary/aromatic N) is 3. The molecule has 1 saturated heterocycles. The lowest BCUT2D eigenvalue weighted by molar-refractivity contribution is 0.317. The van der Waals surface area contributed by atoms with Gasteiger partial charge in [-0.2, -0.15) is 0 Å². The smallest absolute Gasteiger partial charge is 0.264 e. The highest BCUT2D eigenvalue weighted by atomic mass is 35.5. The Bertz CT molecular complexity index is 775. The topological polar surface area (TPSA) is 101 Å². The van der Waals surface area contributed by atoms with Gasteiger partial charge in [-0.25, -0.2) is 23.1 Å². The Labute approximate surface area is 166 Å². The zero-order valence-electron chi connectivity index (χ0n) is 14.1. The average molecular weight is 420 g/mol. The molecule has 7 nitrogen and oxygen atoms in total. The van der Waals surface area contributed by atoms with Crippen molar-refractivity contribution in [3.05, 3.63) is 48.3 Å². The van der Waals surface area contributed by atoms with Gasteiger partial charge >= 0.3 is 0 Å². The predicted molar refractivity (Wildman–Crippen MR) is 106 cm³/mol. The molecule has 0 saturated carbocycles. The van der Waals surface area contributed by atoms with E-state index in [9.17, 15) is 8.42 Å². The van der Waals surface area contributed by atoms with E-state index in [0.717, 1.165) is 31.6 Å². The Morgan fingerprint density at radius 2 is 1.81 bits per heavy atom. The molecule has 3 N–H and O–H groups in total. The molecule has 1 aromatic carbocycles. The van der Waals surface area contributed by atoms with Gasteiger partial charge in [-0.05, 0) is 37.6 Å². The van der Waals surface area contributed by atoms with Crippen molar-refractivity contribution < 1.29 is 8.42 Å². The molecule has 0 radical (unpaired) electrons. The van der Waals surface area contributed by atoms with Crippen LogP contribution in [0, 0.1) is 5.92 Å². The molecule has 1 aromatic heterocycles. The fourth-order valence-corrected chi connectivity index (χ4v) is 3.75. The fourth-order valence-electron chi connectivity index (χ4n) is 2.77. The van der Waals surface area contributed by atoms with E-state index in [-0.39, 0.29) is 35.7 Å². The van der Waals surface area contributed by atoms with E-state index in [4.69, 9.17) is 5.73 Å². The monoisotopic (exact) mass is 419 g/mol. The normalized spacial score (nSPS) is 17.2. The third kappa shape index (κ3) is 5.78. The second kappa shape index (κ2) is 10.0. The van der Waals surface area contributed by atoms with Gasteiger partial charge in [0.25, 0.3) is 10.0 Å². The van der Waals surface area contributed by atoms with E-state index in [1.54, 1.807) is 30.6 Å². The molecule has 1 aliphatic heterocycles. The number of hydrogen-bond donors (Lipinski definition) is 2. The van der Waals surface area contributed by atoms with Crippen LogP contribution >= 0.6 is 24.8 Å². The quantitative estimate of drug-likeness (QED) is 0.740. The molecule has 0 aliphatic carbocycles. The molecular formula is C16H23Cl2N5O2S. The van der Waals surface area contributed by atoms with Crippen molar-refractivity contribution >= 4 is 40.8 Å². The van der Waals surface area contributed by atoms with Crippen LogP contribution in [0.25, 0.3) is 0 Å². The van der Waals surface area contributed by atoms with Gasteiger partial charge in [0, 0.05) is 31.0 Å². The van der Waals surface area contributed by atoms with Gasteiger partial charge in [-0.1, -0.05) is 18.2 Å². The zero-order chi connectivity index (χ0) is 17.0. The summed E-state index contributed by atoms with van der Waals surface area (Å²) in [5.41, 5.74) is 6.65. The maximum absolute atomic E-state index is 12.2. The summed E-state index contributed by atoms with van der Waals surface area (Å²) >= 11 is 0. The van der Waals surface area contributed by atoms with Crippen LogP contribution < -0.4 is 10.5 Å². The van der Waals surface area contributed by atoms with Crippen LogP contribution in [0.1, 0.15) is 12.0 Å². The summed E-state index contributed by atoms with van der Waals surface area (Å²) < 4.78 is 26.8. The number of rotatable bonds is 6. The number of sulfonamides is 1. The van der Waals surface area contributed by atoms with E-state index < -0.39 is 10.0 Å². The fraction of sp³-hybridized carbons (Fsp3) is 0.375. The molecule has 10 heteroatoms. The summed E-state index contributed by atoms with van der Waals surface area (Å²) in [4.78, 5) is 10.7. The Morgan fingerprint density at radius 3 is 2.38 bits per heavy atom. The van der Waals surface area contributed by atoms with Crippen molar-refractivity contribution in [3.8, 4) is 0 Å². The van der Waals surface area contributed by atoms with Crippen LogP contribution in [-0.2, 0) is 16.6 Å². The van der Waals surface area contributed by atoms with Crippen LogP contribution in [0.15, 0.2) is 47.6 Å². The van der Waals surface area contributed by atoms with Gasteiger partial charge in [0.15, 0.2) is 0 Å². The predicted octanol–water partition coefficient (Wildman–Crippen LogP) is 1.90. The molecule has 2 heterocycles. The zero-order valence-corrected chi connectivity index (χ0v) is 16.6. The number of likely N-dealkylation sites (tertiary alicyclic amines) is 1. The number of nitrogens with two attached hydrogens (primary N) is 1. The molecule has 1 fully saturated rings. The summed E-state index contributed by atoms with van der Waals surface area (Å²) in [5.74, 6) is 0.631. The minimum Gasteiger partial charge on any atom is -0.330 e. The second-order valence-corrected chi connectivity index (χ2v) is 7.64. The van der Waals surface area contributed by atoms with E-state index in [1.807, 2.05) is 0 Å². The van der Waals surface area contributed by atoms with Crippen LogP contribution in [0.5, 0.6) is 0 Å². The van der Waals surface area contributed by atoms with Crippen molar-refractivity contribution in [1.82, 2.24) is 14.9 Å². The van der Waals surface area contributed by atoms with Crippen LogP contribution in [-0.4, -0.2) is 42.9 Å². The van der Waals surface area contributed by atoms with Crippen molar-refractivity contribution in [3.63, 3.8) is 0 Å². The van der Waals surface area contributed by atoms with E-state index in [0.29, 0.717) is 12.5 Å². The van der Waals surface area contributed by atoms with Gasteiger partial charge in [0.1, 0.15) is 0 Å². The maximum Gasteiger partial charge on any atom is 0.264 e. The Hall–Kier alpha value is -1.45. The molecule has 1 aliphatic rings. The van der Waals surface area contributed by atoms with Crippen LogP contribution in [0.2, 0.25) is 0 Å². The average Bonchev–Trinajstić information content (AvgIpc) is 3.05. The van der Waals surface area contributed by atoms with Crippen molar-refractivity contribution in [2.24, 2.45) is 11.7 Å². The molecule has 144 valence electrons. The van der Waals surface area contributed by atoms with Gasteiger partial charge < -0.3 is 5.73 Å². The molecular weight excluding hydrogens is 397 g/mol. The van der Waals surface area contributed by atoms with E-state index in [1.165, 1.54) is 12.1 Å². The summed E-state index contributed by atoms with van der Waals surface area (Å²) in [7, 11) is -3.66. The molecule has 0 spiro atoms. The van der Waals surface area contributed by atoms with Gasteiger partial charge in [0.2, 0.25) is 5.95 Å². The summed E-state index contributed by atoms with van der Waals surface area (Å²) in [6, 6.07) is 8.15. The molecule has 26 heavy (non-hydrogen) atoms.